The average molecular weight is 183 g/mol. The molecule has 1 saturated heterocycles. The van der Waals surface area contributed by atoms with Crippen LogP contribution in [0.3, 0.4) is 0 Å². The van der Waals surface area contributed by atoms with E-state index < -0.39 is 12.0 Å². The monoisotopic (exact) mass is 183 g/mol. The highest BCUT2D eigenvalue weighted by molar-refractivity contribution is 5.85. The quantitative estimate of drug-likeness (QED) is 0.692. The summed E-state index contributed by atoms with van der Waals surface area (Å²) in [5.74, 6) is -0.600. The Morgan fingerprint density at radius 1 is 1.54 bits per heavy atom. The first-order valence-electron chi connectivity index (χ1n) is 4.72. The van der Waals surface area contributed by atoms with Crippen molar-refractivity contribution in [3.8, 4) is 0 Å². The second-order valence-corrected chi connectivity index (χ2v) is 3.81. The van der Waals surface area contributed by atoms with Crippen molar-refractivity contribution in [2.75, 3.05) is 6.54 Å². The van der Waals surface area contributed by atoms with E-state index in [0.717, 1.165) is 19.3 Å². The normalized spacial score (nSPS) is 24.9. The number of likely N-dealkylation sites (tertiary alicyclic amines) is 1. The fraction of sp³-hybridized carbons (Fsp3) is 0.778. The zero-order valence-electron chi connectivity index (χ0n) is 7.40. The molecule has 1 aliphatic carbocycles. The van der Waals surface area contributed by atoms with Gasteiger partial charge in [0, 0.05) is 13.0 Å². The number of carbonyl (C=O) groups is 2. The molecule has 1 heterocycles. The fourth-order valence-electron chi connectivity index (χ4n) is 1.96. The summed E-state index contributed by atoms with van der Waals surface area (Å²) >= 11 is 0. The Bertz CT molecular complexity index is 247. The van der Waals surface area contributed by atoms with E-state index in [0.29, 0.717) is 13.0 Å². The molecule has 0 aromatic carbocycles. The number of carboxylic acid groups (broad SMARTS) is 1. The third-order valence-electron chi connectivity index (χ3n) is 2.77. The van der Waals surface area contributed by atoms with E-state index in [1.165, 1.54) is 0 Å². The standard InChI is InChI=1S/C9H13NO3/c11-7-2-1-5-10(7)8(9(12)13)6-3-4-6/h6,8H,1-5H2,(H,12,13). The smallest absolute Gasteiger partial charge is 0.326 e. The van der Waals surface area contributed by atoms with Crippen LogP contribution in [0.2, 0.25) is 0 Å². The van der Waals surface area contributed by atoms with Crippen LogP contribution in [0.5, 0.6) is 0 Å². The number of carboxylic acids is 1. The summed E-state index contributed by atoms with van der Waals surface area (Å²) in [6.07, 6.45) is 3.26. The lowest BCUT2D eigenvalue weighted by molar-refractivity contribution is -0.149. The van der Waals surface area contributed by atoms with E-state index in [1.54, 1.807) is 4.90 Å². The van der Waals surface area contributed by atoms with E-state index in [4.69, 9.17) is 5.11 Å². The van der Waals surface area contributed by atoms with Gasteiger partial charge in [0.2, 0.25) is 5.91 Å². The molecular weight excluding hydrogens is 170 g/mol. The van der Waals surface area contributed by atoms with Gasteiger partial charge in [-0.3, -0.25) is 4.79 Å². The summed E-state index contributed by atoms with van der Waals surface area (Å²) in [4.78, 5) is 23.8. The van der Waals surface area contributed by atoms with Crippen LogP contribution < -0.4 is 0 Å². The van der Waals surface area contributed by atoms with E-state index in [-0.39, 0.29) is 11.8 Å². The molecule has 0 aromatic heterocycles. The molecule has 1 aliphatic heterocycles. The first kappa shape index (κ1) is 8.53. The second-order valence-electron chi connectivity index (χ2n) is 3.81. The number of rotatable bonds is 3. The van der Waals surface area contributed by atoms with Crippen molar-refractivity contribution in [1.82, 2.24) is 4.90 Å². The molecule has 2 aliphatic rings. The van der Waals surface area contributed by atoms with E-state index in [2.05, 4.69) is 0 Å². The maximum Gasteiger partial charge on any atom is 0.326 e. The summed E-state index contributed by atoms with van der Waals surface area (Å²) in [7, 11) is 0. The molecule has 1 amide bonds. The summed E-state index contributed by atoms with van der Waals surface area (Å²) in [6.45, 7) is 0.631. The van der Waals surface area contributed by atoms with Crippen molar-refractivity contribution in [3.63, 3.8) is 0 Å². The number of carbonyl (C=O) groups excluding carboxylic acids is 1. The molecule has 2 fully saturated rings. The van der Waals surface area contributed by atoms with Gasteiger partial charge in [0.15, 0.2) is 0 Å². The molecule has 0 bridgehead atoms. The second kappa shape index (κ2) is 3.01. The first-order valence-corrected chi connectivity index (χ1v) is 4.72. The minimum Gasteiger partial charge on any atom is -0.480 e. The molecule has 72 valence electrons. The van der Waals surface area contributed by atoms with Crippen LogP contribution in [0.25, 0.3) is 0 Å². The number of hydrogen-bond acceptors (Lipinski definition) is 2. The molecule has 4 heteroatoms. The molecule has 0 spiro atoms. The van der Waals surface area contributed by atoms with Crippen molar-refractivity contribution in [2.45, 2.75) is 31.7 Å². The lowest BCUT2D eigenvalue weighted by Gasteiger charge is -2.23. The van der Waals surface area contributed by atoms with Crippen LogP contribution in [0.1, 0.15) is 25.7 Å². The molecule has 1 unspecified atom stereocenters. The Hall–Kier alpha value is -1.06. The minimum absolute atomic E-state index is 0.0132. The van der Waals surface area contributed by atoms with Gasteiger partial charge >= 0.3 is 5.97 Å². The number of amides is 1. The molecule has 0 radical (unpaired) electrons. The Balaban J connectivity index is 2.09. The van der Waals surface area contributed by atoms with Crippen LogP contribution in [-0.4, -0.2) is 34.5 Å². The van der Waals surface area contributed by atoms with Crippen molar-refractivity contribution < 1.29 is 14.7 Å². The van der Waals surface area contributed by atoms with Crippen LogP contribution in [0, 0.1) is 5.92 Å². The average Bonchev–Trinajstić information content (AvgIpc) is 2.78. The number of aliphatic carboxylic acids is 1. The molecule has 13 heavy (non-hydrogen) atoms. The molecule has 1 atom stereocenters. The molecule has 1 N–H and O–H groups in total. The van der Waals surface area contributed by atoms with Crippen LogP contribution in [-0.2, 0) is 9.59 Å². The Kier molecular flexibility index (Phi) is 1.98. The van der Waals surface area contributed by atoms with Gasteiger partial charge in [0.25, 0.3) is 0 Å². The van der Waals surface area contributed by atoms with Crippen molar-refractivity contribution in [2.24, 2.45) is 5.92 Å². The Labute approximate surface area is 76.5 Å². The van der Waals surface area contributed by atoms with Crippen LogP contribution >= 0.6 is 0 Å². The van der Waals surface area contributed by atoms with Gasteiger partial charge in [0.1, 0.15) is 6.04 Å². The van der Waals surface area contributed by atoms with E-state index in [9.17, 15) is 9.59 Å². The van der Waals surface area contributed by atoms with Gasteiger partial charge in [0.05, 0.1) is 0 Å². The SMILES string of the molecule is O=C(O)C(C1CC1)N1CCCC1=O. The van der Waals surface area contributed by atoms with Gasteiger partial charge in [-0.2, -0.15) is 0 Å². The summed E-state index contributed by atoms with van der Waals surface area (Å²) in [5.41, 5.74) is 0. The molecule has 2 rings (SSSR count). The Morgan fingerprint density at radius 3 is 2.62 bits per heavy atom. The highest BCUT2D eigenvalue weighted by Crippen LogP contribution is 2.36. The van der Waals surface area contributed by atoms with Gasteiger partial charge in [-0.1, -0.05) is 0 Å². The third-order valence-corrected chi connectivity index (χ3v) is 2.77. The maximum atomic E-state index is 11.3. The lowest BCUT2D eigenvalue weighted by atomic mass is 10.1. The van der Waals surface area contributed by atoms with Gasteiger partial charge in [-0.25, -0.2) is 4.79 Å². The van der Waals surface area contributed by atoms with Crippen LogP contribution in [0.15, 0.2) is 0 Å². The first-order chi connectivity index (χ1) is 6.20. The maximum absolute atomic E-state index is 11.3. The van der Waals surface area contributed by atoms with E-state index >= 15 is 0 Å². The number of hydrogen-bond donors (Lipinski definition) is 1. The third kappa shape index (κ3) is 1.53. The van der Waals surface area contributed by atoms with Gasteiger partial charge in [-0.05, 0) is 25.2 Å². The highest BCUT2D eigenvalue weighted by atomic mass is 16.4. The summed E-state index contributed by atoms with van der Waals surface area (Å²) < 4.78 is 0. The largest absolute Gasteiger partial charge is 0.480 e. The topological polar surface area (TPSA) is 57.6 Å². The van der Waals surface area contributed by atoms with Gasteiger partial charge < -0.3 is 10.0 Å². The summed E-state index contributed by atoms with van der Waals surface area (Å²) in [6, 6.07) is -0.532. The fourth-order valence-corrected chi connectivity index (χ4v) is 1.96. The molecule has 4 nitrogen and oxygen atoms in total. The number of nitrogens with zero attached hydrogens (tertiary/aromatic N) is 1. The lowest BCUT2D eigenvalue weighted by Crippen LogP contribution is -2.43. The van der Waals surface area contributed by atoms with Crippen molar-refractivity contribution in [1.29, 1.82) is 0 Å². The zero-order valence-corrected chi connectivity index (χ0v) is 7.40. The van der Waals surface area contributed by atoms with Gasteiger partial charge in [-0.15, -0.1) is 0 Å². The van der Waals surface area contributed by atoms with Crippen LogP contribution in [0.4, 0.5) is 0 Å². The molecular formula is C9H13NO3. The molecule has 0 aromatic rings. The minimum atomic E-state index is -0.835. The van der Waals surface area contributed by atoms with E-state index in [1.807, 2.05) is 0 Å². The van der Waals surface area contributed by atoms with Crippen molar-refractivity contribution in [3.05, 3.63) is 0 Å². The van der Waals surface area contributed by atoms with Crippen molar-refractivity contribution >= 4 is 11.9 Å². The summed E-state index contributed by atoms with van der Waals surface area (Å²) in [5, 5.41) is 8.97. The predicted octanol–water partition coefficient (Wildman–Crippen LogP) is 0.472. The molecule has 1 saturated carbocycles. The predicted molar refractivity (Wildman–Crippen MR) is 45.1 cm³/mol. The zero-order chi connectivity index (χ0) is 9.42. The Morgan fingerprint density at radius 2 is 2.23 bits per heavy atom. The highest BCUT2D eigenvalue weighted by Gasteiger charge is 2.43.